The van der Waals surface area contributed by atoms with Crippen LogP contribution in [0.25, 0.3) is 0 Å². The lowest BCUT2D eigenvalue weighted by molar-refractivity contribution is -0.119. The van der Waals surface area contributed by atoms with Crippen molar-refractivity contribution >= 4 is 17.7 Å². The molecule has 0 aliphatic heterocycles. The van der Waals surface area contributed by atoms with Crippen LogP contribution >= 0.6 is 11.8 Å². The second-order valence-corrected chi connectivity index (χ2v) is 6.69. The van der Waals surface area contributed by atoms with Gasteiger partial charge in [0.2, 0.25) is 5.91 Å². The van der Waals surface area contributed by atoms with Gasteiger partial charge in [-0.15, -0.1) is 10.2 Å². The molecule has 7 heteroatoms. The summed E-state index contributed by atoms with van der Waals surface area (Å²) in [5, 5.41) is 21.8. The number of aliphatic hydroxyl groups is 1. The first kappa shape index (κ1) is 13.9. The molecule has 110 valence electrons. The summed E-state index contributed by atoms with van der Waals surface area (Å²) in [6, 6.07) is 0.523. The Bertz CT molecular complexity index is 480. The van der Waals surface area contributed by atoms with Gasteiger partial charge in [-0.3, -0.25) is 4.79 Å². The molecule has 0 radical (unpaired) electrons. The van der Waals surface area contributed by atoms with Crippen molar-refractivity contribution in [1.29, 1.82) is 0 Å². The third kappa shape index (κ3) is 3.32. The smallest absolute Gasteiger partial charge is 0.230 e. The maximum Gasteiger partial charge on any atom is 0.230 e. The van der Waals surface area contributed by atoms with Crippen molar-refractivity contribution in [2.75, 3.05) is 12.3 Å². The minimum Gasteiger partial charge on any atom is -0.388 e. The van der Waals surface area contributed by atoms with E-state index in [-0.39, 0.29) is 5.91 Å². The number of carbonyl (C=O) groups excluding carboxylic acids is 1. The number of aromatic nitrogens is 3. The third-order valence-corrected chi connectivity index (χ3v) is 4.92. The summed E-state index contributed by atoms with van der Waals surface area (Å²) in [4.78, 5) is 11.8. The summed E-state index contributed by atoms with van der Waals surface area (Å²) in [5.41, 5.74) is -0.686. The summed E-state index contributed by atoms with van der Waals surface area (Å²) in [7, 11) is 0. The molecule has 1 aromatic rings. The molecule has 0 spiro atoms. The highest BCUT2D eigenvalue weighted by atomic mass is 32.2. The average Bonchev–Trinajstić information content (AvgIpc) is 3.01. The van der Waals surface area contributed by atoms with E-state index in [0.717, 1.165) is 30.8 Å². The van der Waals surface area contributed by atoms with Gasteiger partial charge in [-0.1, -0.05) is 24.6 Å². The van der Waals surface area contributed by atoms with Gasteiger partial charge >= 0.3 is 0 Å². The normalized spacial score (nSPS) is 21.1. The Balaban J connectivity index is 1.43. The quantitative estimate of drug-likeness (QED) is 0.769. The summed E-state index contributed by atoms with van der Waals surface area (Å²) in [5.74, 6) is 0.266. The molecule has 20 heavy (non-hydrogen) atoms. The molecule has 3 rings (SSSR count). The predicted molar refractivity (Wildman–Crippen MR) is 75.4 cm³/mol. The predicted octanol–water partition coefficient (Wildman–Crippen LogP) is 1.13. The molecule has 2 N–H and O–H groups in total. The van der Waals surface area contributed by atoms with E-state index < -0.39 is 5.60 Å². The molecule has 1 aromatic heterocycles. The van der Waals surface area contributed by atoms with Crippen molar-refractivity contribution in [3.63, 3.8) is 0 Å². The molecule has 2 aliphatic carbocycles. The van der Waals surface area contributed by atoms with Crippen LogP contribution in [0.3, 0.4) is 0 Å². The molecule has 2 saturated carbocycles. The van der Waals surface area contributed by atoms with E-state index in [9.17, 15) is 9.90 Å². The largest absolute Gasteiger partial charge is 0.388 e. The first-order chi connectivity index (χ1) is 9.66. The zero-order valence-corrected chi connectivity index (χ0v) is 12.2. The van der Waals surface area contributed by atoms with Crippen LogP contribution in [0.15, 0.2) is 11.5 Å². The lowest BCUT2D eigenvalue weighted by Gasteiger charge is -2.22. The number of hydrogen-bond acceptors (Lipinski definition) is 5. The fourth-order valence-electron chi connectivity index (χ4n) is 2.59. The molecule has 0 unspecified atom stereocenters. The summed E-state index contributed by atoms with van der Waals surface area (Å²) >= 11 is 1.41. The van der Waals surface area contributed by atoms with E-state index in [1.165, 1.54) is 24.6 Å². The summed E-state index contributed by atoms with van der Waals surface area (Å²) in [6.07, 6.45) is 7.75. The standard InChI is InChI=1S/C13H20N4O2S/c18-11(14-8-13(19)5-1-2-6-13)7-20-12-16-15-9-17(12)10-3-4-10/h9-10,19H,1-8H2,(H,14,18). The van der Waals surface area contributed by atoms with Gasteiger partial charge in [0.05, 0.1) is 11.4 Å². The average molecular weight is 296 g/mol. The van der Waals surface area contributed by atoms with E-state index in [0.29, 0.717) is 18.3 Å². The number of nitrogens with zero attached hydrogens (tertiary/aromatic N) is 3. The van der Waals surface area contributed by atoms with E-state index in [1.807, 2.05) is 4.57 Å². The third-order valence-electron chi connectivity index (χ3n) is 3.96. The molecule has 0 bridgehead atoms. The number of carbonyl (C=O) groups is 1. The van der Waals surface area contributed by atoms with Crippen molar-refractivity contribution in [3.05, 3.63) is 6.33 Å². The van der Waals surface area contributed by atoms with Gasteiger partial charge in [-0.05, 0) is 25.7 Å². The highest BCUT2D eigenvalue weighted by molar-refractivity contribution is 7.99. The van der Waals surface area contributed by atoms with Crippen molar-refractivity contribution in [2.24, 2.45) is 0 Å². The van der Waals surface area contributed by atoms with E-state index in [1.54, 1.807) is 6.33 Å². The van der Waals surface area contributed by atoms with Crippen LogP contribution in [-0.2, 0) is 4.79 Å². The minimum absolute atomic E-state index is 0.0549. The fraction of sp³-hybridized carbons (Fsp3) is 0.769. The molecule has 0 aromatic carbocycles. The molecule has 0 atom stereocenters. The SMILES string of the molecule is O=C(CSc1nncn1C1CC1)NCC1(O)CCCC1. The minimum atomic E-state index is -0.686. The second kappa shape index (κ2) is 5.73. The zero-order chi connectivity index (χ0) is 14.0. The topological polar surface area (TPSA) is 80.0 Å². The van der Waals surface area contributed by atoms with E-state index in [2.05, 4.69) is 15.5 Å². The second-order valence-electron chi connectivity index (χ2n) is 5.75. The highest BCUT2D eigenvalue weighted by Gasteiger charge is 2.31. The van der Waals surface area contributed by atoms with Gasteiger partial charge in [0.25, 0.3) is 0 Å². The van der Waals surface area contributed by atoms with Gasteiger partial charge < -0.3 is 15.0 Å². The lowest BCUT2D eigenvalue weighted by atomic mass is 10.0. The molecule has 2 fully saturated rings. The van der Waals surface area contributed by atoms with Gasteiger partial charge in [0.15, 0.2) is 5.16 Å². The van der Waals surface area contributed by atoms with Gasteiger partial charge in [-0.25, -0.2) is 0 Å². The number of rotatable bonds is 6. The summed E-state index contributed by atoms with van der Waals surface area (Å²) < 4.78 is 2.04. The van der Waals surface area contributed by atoms with Crippen LogP contribution in [0.1, 0.15) is 44.6 Å². The van der Waals surface area contributed by atoms with Crippen molar-refractivity contribution in [3.8, 4) is 0 Å². The molecule has 2 aliphatic rings. The van der Waals surface area contributed by atoms with Crippen LogP contribution in [0.2, 0.25) is 0 Å². The molecule has 1 heterocycles. The fourth-order valence-corrected chi connectivity index (χ4v) is 3.40. The van der Waals surface area contributed by atoms with Crippen LogP contribution in [0.4, 0.5) is 0 Å². The maximum atomic E-state index is 11.8. The first-order valence-electron chi connectivity index (χ1n) is 7.18. The molecular formula is C13H20N4O2S. The van der Waals surface area contributed by atoms with Crippen LogP contribution < -0.4 is 5.32 Å². The van der Waals surface area contributed by atoms with Crippen LogP contribution in [0.5, 0.6) is 0 Å². The number of hydrogen-bond donors (Lipinski definition) is 2. The number of nitrogens with one attached hydrogen (secondary N) is 1. The Morgan fingerprint density at radius 2 is 2.25 bits per heavy atom. The molecule has 6 nitrogen and oxygen atoms in total. The summed E-state index contributed by atoms with van der Waals surface area (Å²) in [6.45, 7) is 0.363. The van der Waals surface area contributed by atoms with Crippen molar-refractivity contribution in [2.45, 2.75) is 55.3 Å². The lowest BCUT2D eigenvalue weighted by Crippen LogP contribution is -2.41. The van der Waals surface area contributed by atoms with Gasteiger partial charge in [0, 0.05) is 12.6 Å². The van der Waals surface area contributed by atoms with E-state index >= 15 is 0 Å². The van der Waals surface area contributed by atoms with Crippen LogP contribution in [-0.4, -0.2) is 43.7 Å². The van der Waals surface area contributed by atoms with Crippen molar-refractivity contribution in [1.82, 2.24) is 20.1 Å². The Morgan fingerprint density at radius 3 is 2.95 bits per heavy atom. The Morgan fingerprint density at radius 1 is 1.50 bits per heavy atom. The van der Waals surface area contributed by atoms with Gasteiger partial charge in [0.1, 0.15) is 6.33 Å². The first-order valence-corrected chi connectivity index (χ1v) is 8.16. The maximum absolute atomic E-state index is 11.8. The molecule has 1 amide bonds. The molecular weight excluding hydrogens is 276 g/mol. The highest BCUT2D eigenvalue weighted by Crippen LogP contribution is 2.37. The Labute approximate surface area is 122 Å². The Kier molecular flexibility index (Phi) is 3.98. The van der Waals surface area contributed by atoms with Crippen molar-refractivity contribution < 1.29 is 9.90 Å². The number of amides is 1. The monoisotopic (exact) mass is 296 g/mol. The van der Waals surface area contributed by atoms with E-state index in [4.69, 9.17) is 0 Å². The van der Waals surface area contributed by atoms with Crippen LogP contribution in [0, 0.1) is 0 Å². The Hall–Kier alpha value is -1.08. The van der Waals surface area contributed by atoms with Gasteiger partial charge in [-0.2, -0.15) is 0 Å². The molecule has 0 saturated heterocycles. The zero-order valence-electron chi connectivity index (χ0n) is 11.4. The number of thioether (sulfide) groups is 1.